The summed E-state index contributed by atoms with van der Waals surface area (Å²) < 4.78 is 25.1. The van der Waals surface area contributed by atoms with Crippen molar-refractivity contribution in [3.63, 3.8) is 0 Å². The lowest BCUT2D eigenvalue weighted by Crippen LogP contribution is -2.36. The molecule has 0 radical (unpaired) electrons. The Balaban J connectivity index is 2.41. The fourth-order valence-electron chi connectivity index (χ4n) is 2.41. The van der Waals surface area contributed by atoms with E-state index in [4.69, 9.17) is 5.14 Å². The summed E-state index contributed by atoms with van der Waals surface area (Å²) in [6.07, 6.45) is 0.891. The van der Waals surface area contributed by atoms with Gasteiger partial charge in [0, 0.05) is 12.6 Å². The third-order valence-electron chi connectivity index (χ3n) is 3.54. The summed E-state index contributed by atoms with van der Waals surface area (Å²) in [4.78, 5) is 16.7. The lowest BCUT2D eigenvalue weighted by atomic mass is 10.3. The quantitative estimate of drug-likeness (QED) is 0.711. The highest BCUT2D eigenvalue weighted by molar-refractivity contribution is 8.00. The highest BCUT2D eigenvalue weighted by Crippen LogP contribution is 2.29. The zero-order chi connectivity index (χ0) is 18.8. The Morgan fingerprint density at radius 2 is 2.04 bits per heavy atom. The molecule has 0 aliphatic rings. The first-order valence-electron chi connectivity index (χ1n) is 8.13. The molecule has 1 atom stereocenters. The highest BCUT2D eigenvalue weighted by atomic mass is 32.2. The van der Waals surface area contributed by atoms with E-state index in [0.29, 0.717) is 10.7 Å². The van der Waals surface area contributed by atoms with Crippen LogP contribution in [0.3, 0.4) is 0 Å². The van der Waals surface area contributed by atoms with Crippen LogP contribution < -0.4 is 10.5 Å². The first kappa shape index (κ1) is 19.7. The molecule has 0 aliphatic carbocycles. The van der Waals surface area contributed by atoms with Crippen molar-refractivity contribution in [2.45, 2.75) is 62.0 Å². The maximum atomic E-state index is 12.2. The Kier molecular flexibility index (Phi) is 6.12. The molecular formula is C16H24N4O3S2. The minimum atomic E-state index is -3.78. The number of nitrogens with two attached hydrogens (primary N) is 1. The van der Waals surface area contributed by atoms with E-state index in [9.17, 15) is 13.2 Å². The van der Waals surface area contributed by atoms with Crippen LogP contribution in [0.5, 0.6) is 0 Å². The average Bonchev–Trinajstić information content (AvgIpc) is 2.83. The molecule has 0 saturated carbocycles. The number of benzene rings is 1. The molecule has 3 N–H and O–H groups in total. The van der Waals surface area contributed by atoms with E-state index in [1.54, 1.807) is 6.07 Å². The fraction of sp³-hybridized carbons (Fsp3) is 0.500. The van der Waals surface area contributed by atoms with Crippen LogP contribution in [0.2, 0.25) is 0 Å². The molecule has 25 heavy (non-hydrogen) atoms. The second-order valence-electron chi connectivity index (χ2n) is 6.16. The van der Waals surface area contributed by atoms with Crippen molar-refractivity contribution in [3.8, 4) is 0 Å². The predicted octanol–water partition coefficient (Wildman–Crippen LogP) is 2.10. The molecule has 1 unspecified atom stereocenters. The van der Waals surface area contributed by atoms with Gasteiger partial charge >= 0.3 is 0 Å². The Morgan fingerprint density at radius 3 is 2.60 bits per heavy atom. The van der Waals surface area contributed by atoms with Crippen LogP contribution in [0.1, 0.15) is 34.1 Å². The summed E-state index contributed by atoms with van der Waals surface area (Å²) in [6.45, 7) is 8.43. The molecule has 9 heteroatoms. The van der Waals surface area contributed by atoms with Gasteiger partial charge in [0.1, 0.15) is 0 Å². The minimum absolute atomic E-state index is 0.0308. The Morgan fingerprint density at radius 1 is 1.36 bits per heavy atom. The molecule has 1 aromatic carbocycles. The van der Waals surface area contributed by atoms with Gasteiger partial charge < -0.3 is 9.88 Å². The number of primary sulfonamides is 1. The van der Waals surface area contributed by atoms with Gasteiger partial charge in [0.25, 0.3) is 0 Å². The number of rotatable bonds is 7. The molecule has 0 spiro atoms. The smallest absolute Gasteiger partial charge is 0.238 e. The van der Waals surface area contributed by atoms with Crippen molar-refractivity contribution in [3.05, 3.63) is 18.2 Å². The number of aromatic nitrogens is 2. The molecule has 1 aromatic heterocycles. The van der Waals surface area contributed by atoms with Crippen LogP contribution in [0.15, 0.2) is 28.3 Å². The van der Waals surface area contributed by atoms with E-state index >= 15 is 0 Å². The molecular weight excluding hydrogens is 360 g/mol. The van der Waals surface area contributed by atoms with Gasteiger partial charge in [0.15, 0.2) is 5.16 Å². The van der Waals surface area contributed by atoms with E-state index in [0.717, 1.165) is 18.5 Å². The van der Waals surface area contributed by atoms with Crippen molar-refractivity contribution in [1.82, 2.24) is 14.9 Å². The molecule has 0 bridgehead atoms. The van der Waals surface area contributed by atoms with E-state index in [-0.39, 0.29) is 22.1 Å². The Hall–Kier alpha value is -1.58. The molecule has 0 aliphatic heterocycles. The molecule has 7 nitrogen and oxygen atoms in total. The van der Waals surface area contributed by atoms with Crippen LogP contribution in [0, 0.1) is 0 Å². The summed E-state index contributed by atoms with van der Waals surface area (Å²) in [7, 11) is -3.78. The van der Waals surface area contributed by atoms with Gasteiger partial charge in [-0.3, -0.25) is 4.79 Å². The van der Waals surface area contributed by atoms with Gasteiger partial charge in [-0.15, -0.1) is 0 Å². The monoisotopic (exact) mass is 384 g/mol. The minimum Gasteiger partial charge on any atom is -0.353 e. The molecule has 2 aromatic rings. The van der Waals surface area contributed by atoms with Crippen LogP contribution in [0.25, 0.3) is 11.0 Å². The van der Waals surface area contributed by atoms with Gasteiger partial charge in [0.2, 0.25) is 15.9 Å². The number of carbonyl (C=O) groups is 1. The molecule has 1 amide bonds. The second-order valence-corrected chi connectivity index (χ2v) is 9.03. The Labute approximate surface area is 152 Å². The standard InChI is InChI=1S/C16H24N4O3S2/c1-5-8-20-14-7-6-12(25(17,22)23)9-13(14)19-16(20)24-11(4)15(21)18-10(2)3/h6-7,9-11H,5,8H2,1-4H3,(H,18,21)(H2,17,22,23). The van der Waals surface area contributed by atoms with E-state index < -0.39 is 10.0 Å². The van der Waals surface area contributed by atoms with Gasteiger partial charge in [-0.05, 0) is 45.4 Å². The number of thioether (sulfide) groups is 1. The zero-order valence-electron chi connectivity index (χ0n) is 14.8. The lowest BCUT2D eigenvalue weighted by molar-refractivity contribution is -0.120. The van der Waals surface area contributed by atoms with Crippen LogP contribution in [0.4, 0.5) is 0 Å². The maximum absolute atomic E-state index is 12.2. The molecule has 0 saturated heterocycles. The van der Waals surface area contributed by atoms with E-state index in [2.05, 4.69) is 10.3 Å². The van der Waals surface area contributed by atoms with Gasteiger partial charge in [-0.2, -0.15) is 0 Å². The zero-order valence-corrected chi connectivity index (χ0v) is 16.4. The third kappa shape index (κ3) is 4.74. The van der Waals surface area contributed by atoms with Crippen molar-refractivity contribution in [2.75, 3.05) is 0 Å². The molecule has 0 fully saturated rings. The number of sulfonamides is 1. The van der Waals surface area contributed by atoms with Crippen LogP contribution in [-0.2, 0) is 21.4 Å². The topological polar surface area (TPSA) is 107 Å². The summed E-state index contributed by atoms with van der Waals surface area (Å²) >= 11 is 1.36. The summed E-state index contributed by atoms with van der Waals surface area (Å²) in [6, 6.07) is 4.73. The number of nitrogens with zero attached hydrogens (tertiary/aromatic N) is 2. The van der Waals surface area contributed by atoms with Gasteiger partial charge in [-0.1, -0.05) is 18.7 Å². The van der Waals surface area contributed by atoms with Crippen LogP contribution in [-0.4, -0.2) is 35.2 Å². The number of imidazole rings is 1. The number of fused-ring (bicyclic) bond motifs is 1. The highest BCUT2D eigenvalue weighted by Gasteiger charge is 2.20. The number of hydrogen-bond donors (Lipinski definition) is 2. The maximum Gasteiger partial charge on any atom is 0.238 e. The van der Waals surface area contributed by atoms with Crippen molar-refractivity contribution in [2.24, 2.45) is 5.14 Å². The second kappa shape index (κ2) is 7.76. The molecule has 1 heterocycles. The molecule has 2 rings (SSSR count). The number of carbonyl (C=O) groups excluding carboxylic acids is 1. The van der Waals surface area contributed by atoms with Gasteiger partial charge in [-0.25, -0.2) is 18.5 Å². The first-order chi connectivity index (χ1) is 11.6. The summed E-state index contributed by atoms with van der Waals surface area (Å²) in [5.74, 6) is -0.0553. The summed E-state index contributed by atoms with van der Waals surface area (Å²) in [5.41, 5.74) is 1.38. The lowest BCUT2D eigenvalue weighted by Gasteiger charge is -2.14. The Bertz CT molecular complexity index is 875. The number of nitrogens with one attached hydrogen (secondary N) is 1. The number of aryl methyl sites for hydroxylation is 1. The van der Waals surface area contributed by atoms with Crippen molar-refractivity contribution < 1.29 is 13.2 Å². The van der Waals surface area contributed by atoms with Gasteiger partial charge in [0.05, 0.1) is 21.2 Å². The van der Waals surface area contributed by atoms with Crippen molar-refractivity contribution >= 4 is 38.7 Å². The molecule has 138 valence electrons. The van der Waals surface area contributed by atoms with E-state index in [1.165, 1.54) is 23.9 Å². The SMILES string of the molecule is CCCn1c(SC(C)C(=O)NC(C)C)nc2cc(S(N)(=O)=O)ccc21. The summed E-state index contributed by atoms with van der Waals surface area (Å²) in [5, 5.41) is 8.46. The van der Waals surface area contributed by atoms with Crippen molar-refractivity contribution in [1.29, 1.82) is 0 Å². The largest absolute Gasteiger partial charge is 0.353 e. The van der Waals surface area contributed by atoms with Crippen LogP contribution >= 0.6 is 11.8 Å². The average molecular weight is 385 g/mol. The first-order valence-corrected chi connectivity index (χ1v) is 10.6. The predicted molar refractivity (Wildman–Crippen MR) is 100.0 cm³/mol. The third-order valence-corrected chi connectivity index (χ3v) is 5.54. The fourth-order valence-corrected chi connectivity index (χ4v) is 3.90. The normalized spacial score (nSPS) is 13.4. The number of hydrogen-bond acceptors (Lipinski definition) is 5. The number of amides is 1. The van der Waals surface area contributed by atoms with E-state index in [1.807, 2.05) is 32.3 Å².